The molecule has 0 aromatic carbocycles. The number of alkyl halides is 3. The summed E-state index contributed by atoms with van der Waals surface area (Å²) in [6, 6.07) is -1.78. The zero-order valence-electron chi connectivity index (χ0n) is 5.99. The van der Waals surface area contributed by atoms with Crippen molar-refractivity contribution in [1.29, 1.82) is 0 Å². The Morgan fingerprint density at radius 2 is 2.17 bits per heavy atom. The summed E-state index contributed by atoms with van der Waals surface area (Å²) in [5.74, 6) is 0. The molecule has 4 nitrogen and oxygen atoms in total. The van der Waals surface area contributed by atoms with E-state index in [-0.39, 0.29) is 0 Å². The first-order chi connectivity index (χ1) is 5.55. The molecule has 7 heteroatoms. The minimum Gasteiger partial charge on any atom is -0.328 e. The second-order valence-corrected chi connectivity index (χ2v) is 2.18. The van der Waals surface area contributed by atoms with E-state index in [2.05, 4.69) is 10.3 Å². The highest BCUT2D eigenvalue weighted by Crippen LogP contribution is 2.28. The molecule has 0 radical (unpaired) electrons. The summed E-state index contributed by atoms with van der Waals surface area (Å²) in [5, 5.41) is 6.48. The lowest BCUT2D eigenvalue weighted by Gasteiger charge is -2.17. The molecule has 0 saturated carbocycles. The monoisotopic (exact) mass is 180 g/mol. The van der Waals surface area contributed by atoms with Gasteiger partial charge in [0.05, 0.1) is 6.20 Å². The van der Waals surface area contributed by atoms with E-state index in [1.165, 1.54) is 6.20 Å². The van der Waals surface area contributed by atoms with Crippen LogP contribution in [-0.4, -0.2) is 27.7 Å². The molecule has 1 aromatic heterocycles. The standard InChI is InChI=1S/C5H7F3N4/c6-5(7,8)4(3-9)12-2-1-10-11-12/h1-2,4H,3,9H2/t4-/m1/s1. The van der Waals surface area contributed by atoms with Gasteiger partial charge in [-0.05, 0) is 0 Å². The molecule has 0 amide bonds. The van der Waals surface area contributed by atoms with E-state index >= 15 is 0 Å². The summed E-state index contributed by atoms with van der Waals surface area (Å²) in [4.78, 5) is 0. The molecule has 1 rings (SSSR count). The van der Waals surface area contributed by atoms with Crippen molar-refractivity contribution in [2.45, 2.75) is 12.2 Å². The second kappa shape index (κ2) is 3.10. The Bertz CT molecular complexity index is 229. The molecule has 2 N–H and O–H groups in total. The number of hydrogen-bond acceptors (Lipinski definition) is 3. The van der Waals surface area contributed by atoms with Crippen LogP contribution in [0.25, 0.3) is 0 Å². The number of nitrogens with zero attached hydrogens (tertiary/aromatic N) is 3. The highest BCUT2D eigenvalue weighted by atomic mass is 19.4. The first kappa shape index (κ1) is 8.98. The quantitative estimate of drug-likeness (QED) is 0.713. The molecule has 68 valence electrons. The van der Waals surface area contributed by atoms with Gasteiger partial charge in [-0.3, -0.25) is 0 Å². The fourth-order valence-corrected chi connectivity index (χ4v) is 0.775. The van der Waals surface area contributed by atoms with Crippen LogP contribution < -0.4 is 5.73 Å². The topological polar surface area (TPSA) is 56.7 Å². The lowest BCUT2D eigenvalue weighted by molar-refractivity contribution is -0.167. The lowest BCUT2D eigenvalue weighted by atomic mass is 10.3. The summed E-state index contributed by atoms with van der Waals surface area (Å²) in [6.45, 7) is -0.535. The Balaban J connectivity index is 2.84. The van der Waals surface area contributed by atoms with E-state index in [0.29, 0.717) is 4.68 Å². The van der Waals surface area contributed by atoms with Crippen LogP contribution >= 0.6 is 0 Å². The van der Waals surface area contributed by atoms with Crippen molar-refractivity contribution in [2.75, 3.05) is 6.54 Å². The molecule has 1 aromatic rings. The number of nitrogens with two attached hydrogens (primary N) is 1. The Hall–Kier alpha value is -1.11. The summed E-state index contributed by atoms with van der Waals surface area (Å²) in [7, 11) is 0. The third-order valence-corrected chi connectivity index (χ3v) is 1.36. The van der Waals surface area contributed by atoms with Crippen LogP contribution in [0.2, 0.25) is 0 Å². The molecule has 1 heterocycles. The maximum absolute atomic E-state index is 12.1. The molecule has 0 bridgehead atoms. The van der Waals surface area contributed by atoms with Crippen molar-refractivity contribution < 1.29 is 13.2 Å². The zero-order chi connectivity index (χ0) is 9.19. The van der Waals surface area contributed by atoms with Crippen LogP contribution in [0, 0.1) is 0 Å². The number of aromatic nitrogens is 3. The summed E-state index contributed by atoms with van der Waals surface area (Å²) < 4.78 is 37.0. The third kappa shape index (κ3) is 1.73. The van der Waals surface area contributed by atoms with Gasteiger partial charge in [-0.25, -0.2) is 4.68 Å². The zero-order valence-corrected chi connectivity index (χ0v) is 5.99. The van der Waals surface area contributed by atoms with Gasteiger partial charge in [-0.15, -0.1) is 5.10 Å². The van der Waals surface area contributed by atoms with Crippen LogP contribution in [0.3, 0.4) is 0 Å². The second-order valence-electron chi connectivity index (χ2n) is 2.18. The Morgan fingerprint density at radius 3 is 2.50 bits per heavy atom. The van der Waals surface area contributed by atoms with Crippen molar-refractivity contribution in [3.8, 4) is 0 Å². The summed E-state index contributed by atoms with van der Waals surface area (Å²) in [6.07, 6.45) is -2.07. The minimum atomic E-state index is -4.37. The smallest absolute Gasteiger partial charge is 0.328 e. The fraction of sp³-hybridized carbons (Fsp3) is 0.600. The lowest BCUT2D eigenvalue weighted by Crippen LogP contribution is -2.33. The highest BCUT2D eigenvalue weighted by Gasteiger charge is 2.40. The molecule has 12 heavy (non-hydrogen) atoms. The van der Waals surface area contributed by atoms with E-state index in [4.69, 9.17) is 5.73 Å². The predicted octanol–water partition coefficient (Wildman–Crippen LogP) is 0.340. The molecule has 1 atom stereocenters. The predicted molar refractivity (Wildman–Crippen MR) is 34.2 cm³/mol. The van der Waals surface area contributed by atoms with Gasteiger partial charge in [0.15, 0.2) is 6.04 Å². The van der Waals surface area contributed by atoms with E-state index in [1.807, 2.05) is 0 Å². The van der Waals surface area contributed by atoms with E-state index in [0.717, 1.165) is 6.20 Å². The van der Waals surface area contributed by atoms with Crippen LogP contribution in [0.5, 0.6) is 0 Å². The van der Waals surface area contributed by atoms with Crippen molar-refractivity contribution in [1.82, 2.24) is 15.0 Å². The van der Waals surface area contributed by atoms with Gasteiger partial charge in [-0.1, -0.05) is 5.21 Å². The average molecular weight is 180 g/mol. The Morgan fingerprint density at radius 1 is 1.50 bits per heavy atom. The van der Waals surface area contributed by atoms with Crippen LogP contribution in [0.4, 0.5) is 13.2 Å². The van der Waals surface area contributed by atoms with E-state index in [9.17, 15) is 13.2 Å². The average Bonchev–Trinajstić information content (AvgIpc) is 2.38. The van der Waals surface area contributed by atoms with Crippen LogP contribution in [0.15, 0.2) is 12.4 Å². The van der Waals surface area contributed by atoms with Gasteiger partial charge >= 0.3 is 6.18 Å². The summed E-state index contributed by atoms with van der Waals surface area (Å²) >= 11 is 0. The molecule has 0 saturated heterocycles. The molecular formula is C5H7F3N4. The van der Waals surface area contributed by atoms with Crippen molar-refractivity contribution in [3.63, 3.8) is 0 Å². The number of hydrogen-bond donors (Lipinski definition) is 1. The maximum Gasteiger partial charge on any atom is 0.412 e. The molecule has 0 aliphatic rings. The van der Waals surface area contributed by atoms with Gasteiger partial charge in [0.1, 0.15) is 0 Å². The summed E-state index contributed by atoms with van der Waals surface area (Å²) in [5.41, 5.74) is 4.94. The largest absolute Gasteiger partial charge is 0.412 e. The maximum atomic E-state index is 12.1. The van der Waals surface area contributed by atoms with Gasteiger partial charge in [0.2, 0.25) is 0 Å². The van der Waals surface area contributed by atoms with Crippen molar-refractivity contribution >= 4 is 0 Å². The van der Waals surface area contributed by atoms with Gasteiger partial charge in [0, 0.05) is 12.7 Å². The van der Waals surface area contributed by atoms with E-state index < -0.39 is 18.8 Å². The SMILES string of the molecule is NC[C@@H](n1ccnn1)C(F)(F)F. The first-order valence-electron chi connectivity index (χ1n) is 3.18. The highest BCUT2D eigenvalue weighted by molar-refractivity contribution is 4.78. The Labute approximate surface area is 66.2 Å². The van der Waals surface area contributed by atoms with Crippen molar-refractivity contribution in [3.05, 3.63) is 12.4 Å². The van der Waals surface area contributed by atoms with Crippen LogP contribution in [-0.2, 0) is 0 Å². The van der Waals surface area contributed by atoms with Crippen molar-refractivity contribution in [2.24, 2.45) is 5.73 Å². The number of halogens is 3. The molecule has 0 aliphatic carbocycles. The molecule has 0 unspecified atom stereocenters. The van der Waals surface area contributed by atoms with Gasteiger partial charge < -0.3 is 5.73 Å². The minimum absolute atomic E-state index is 0.535. The first-order valence-corrected chi connectivity index (χ1v) is 3.18. The Kier molecular flexibility index (Phi) is 2.32. The molecule has 0 fully saturated rings. The molecular weight excluding hydrogens is 173 g/mol. The normalized spacial score (nSPS) is 14.7. The number of rotatable bonds is 2. The van der Waals surface area contributed by atoms with E-state index in [1.54, 1.807) is 0 Å². The molecule has 0 spiro atoms. The van der Waals surface area contributed by atoms with Crippen LogP contribution in [0.1, 0.15) is 6.04 Å². The van der Waals surface area contributed by atoms with Gasteiger partial charge in [-0.2, -0.15) is 13.2 Å². The fourth-order valence-electron chi connectivity index (χ4n) is 0.775. The van der Waals surface area contributed by atoms with Gasteiger partial charge in [0.25, 0.3) is 0 Å². The third-order valence-electron chi connectivity index (χ3n) is 1.36. The molecule has 0 aliphatic heterocycles.